The SMILES string of the molecule is CC1(C)c2ccccc2-c2ccc(N(c3ccc(-c4ccc(-c5ccc(-n6c7ccc(-c8ccccc8)cc7c7cc(-c8ccccc8)ccc76)cc5)cc4)cc3)c3ccccc3-c3ccc(-c4ccccc4)cc3)cc21. The molecule has 2 heteroatoms. The Bertz CT molecular complexity index is 4190. The van der Waals surface area contributed by atoms with Crippen molar-refractivity contribution >= 4 is 38.9 Å². The molecule has 0 saturated carbocycles. The summed E-state index contributed by atoms with van der Waals surface area (Å²) in [6.45, 7) is 4.72. The predicted molar refractivity (Wildman–Crippen MR) is 326 cm³/mol. The molecule has 1 aliphatic rings. The van der Waals surface area contributed by atoms with Crippen LogP contribution in [0.4, 0.5) is 17.1 Å². The van der Waals surface area contributed by atoms with Gasteiger partial charge in [0.2, 0.25) is 0 Å². The van der Waals surface area contributed by atoms with Crippen molar-refractivity contribution in [1.29, 1.82) is 0 Å². The number of rotatable bonds is 10. The molecule has 1 aliphatic carbocycles. The smallest absolute Gasteiger partial charge is 0.0541 e. The van der Waals surface area contributed by atoms with Gasteiger partial charge in [0.1, 0.15) is 0 Å². The average molecular weight is 983 g/mol. The lowest BCUT2D eigenvalue weighted by atomic mass is 9.82. The first-order valence-corrected chi connectivity index (χ1v) is 26.7. The second kappa shape index (κ2) is 18.9. The molecule has 12 aromatic carbocycles. The Hall–Kier alpha value is -9.76. The van der Waals surface area contributed by atoms with Gasteiger partial charge < -0.3 is 9.47 Å². The summed E-state index contributed by atoms with van der Waals surface area (Å²) in [7, 11) is 0. The van der Waals surface area contributed by atoms with Crippen LogP contribution in [0.1, 0.15) is 25.0 Å². The number of anilines is 3. The molecule has 77 heavy (non-hydrogen) atoms. The number of para-hydroxylation sites is 1. The summed E-state index contributed by atoms with van der Waals surface area (Å²) >= 11 is 0. The molecule has 0 atom stereocenters. The zero-order valence-electron chi connectivity index (χ0n) is 43.1. The third-order valence-corrected chi connectivity index (χ3v) is 16.1. The van der Waals surface area contributed by atoms with Crippen LogP contribution >= 0.6 is 0 Å². The molecule has 0 N–H and O–H groups in total. The summed E-state index contributed by atoms with van der Waals surface area (Å²) < 4.78 is 2.41. The van der Waals surface area contributed by atoms with Gasteiger partial charge in [-0.05, 0) is 150 Å². The summed E-state index contributed by atoms with van der Waals surface area (Å²) in [6, 6.07) is 107. The molecule has 0 fully saturated rings. The fourth-order valence-corrected chi connectivity index (χ4v) is 12.0. The molecule has 0 radical (unpaired) electrons. The van der Waals surface area contributed by atoms with Crippen LogP contribution in [0.2, 0.25) is 0 Å². The van der Waals surface area contributed by atoms with E-state index in [0.29, 0.717) is 0 Å². The minimum absolute atomic E-state index is 0.133. The standard InChI is InChI=1S/C75H54N2/c1-75(2)70-24-14-12-23-66(70)67-45-44-64(50-71(67)75)76(72-25-15-13-22-65(72)59-32-30-54(31-33-59)51-16-6-3-7-17-51)62-40-34-57(35-41-62)55-26-28-56(29-27-55)58-36-42-63(43-37-58)77-73-46-38-60(52-18-8-4-9-19-52)48-68(73)69-49-61(39-47-74(69)77)53-20-10-5-11-21-53/h3-50H,1-2H3. The van der Waals surface area contributed by atoms with Crippen LogP contribution in [-0.2, 0) is 5.41 Å². The van der Waals surface area contributed by atoms with Gasteiger partial charge >= 0.3 is 0 Å². The molecule has 0 saturated heterocycles. The van der Waals surface area contributed by atoms with Gasteiger partial charge in [0.05, 0.1) is 16.7 Å². The van der Waals surface area contributed by atoms with Crippen molar-refractivity contribution < 1.29 is 0 Å². The molecule has 2 nitrogen and oxygen atoms in total. The Morgan fingerprint density at radius 3 is 1.18 bits per heavy atom. The predicted octanol–water partition coefficient (Wildman–Crippen LogP) is 20.6. The Balaban J connectivity index is 0.785. The number of aromatic nitrogens is 1. The van der Waals surface area contributed by atoms with E-state index in [1.54, 1.807) is 0 Å². The molecule has 0 amide bonds. The highest BCUT2D eigenvalue weighted by Crippen LogP contribution is 2.51. The fraction of sp³-hybridized carbons (Fsp3) is 0.0400. The number of benzene rings is 12. The van der Waals surface area contributed by atoms with Crippen LogP contribution in [0.15, 0.2) is 291 Å². The molecule has 0 unspecified atom stereocenters. The van der Waals surface area contributed by atoms with Gasteiger partial charge in [-0.3, -0.25) is 0 Å². The second-order valence-corrected chi connectivity index (χ2v) is 20.9. The van der Waals surface area contributed by atoms with Crippen molar-refractivity contribution in [3.8, 4) is 83.6 Å². The maximum absolute atomic E-state index is 2.44. The van der Waals surface area contributed by atoms with Crippen molar-refractivity contribution in [3.63, 3.8) is 0 Å². The number of nitrogens with zero attached hydrogens (tertiary/aromatic N) is 2. The first-order chi connectivity index (χ1) is 37.9. The van der Waals surface area contributed by atoms with Gasteiger partial charge in [0.15, 0.2) is 0 Å². The molecule has 0 aliphatic heterocycles. The van der Waals surface area contributed by atoms with E-state index in [1.165, 1.54) is 111 Å². The molecule has 14 rings (SSSR count). The lowest BCUT2D eigenvalue weighted by Crippen LogP contribution is -2.16. The normalized spacial score (nSPS) is 12.4. The molecule has 1 heterocycles. The van der Waals surface area contributed by atoms with Crippen molar-refractivity contribution in [2.24, 2.45) is 0 Å². The molecular weight excluding hydrogens is 929 g/mol. The second-order valence-electron chi connectivity index (χ2n) is 20.9. The third-order valence-electron chi connectivity index (χ3n) is 16.1. The van der Waals surface area contributed by atoms with Gasteiger partial charge in [0.25, 0.3) is 0 Å². The van der Waals surface area contributed by atoms with Crippen molar-refractivity contribution in [2.75, 3.05) is 4.90 Å². The topological polar surface area (TPSA) is 8.17 Å². The molecule has 0 bridgehead atoms. The average Bonchev–Trinajstić information content (AvgIpc) is 4.08. The lowest BCUT2D eigenvalue weighted by molar-refractivity contribution is 0.660. The van der Waals surface area contributed by atoms with Gasteiger partial charge in [-0.2, -0.15) is 0 Å². The third kappa shape index (κ3) is 8.14. The van der Waals surface area contributed by atoms with Gasteiger partial charge in [-0.1, -0.05) is 238 Å². The first-order valence-electron chi connectivity index (χ1n) is 26.7. The summed E-state index contributed by atoms with van der Waals surface area (Å²) in [5.74, 6) is 0. The Kier molecular flexibility index (Phi) is 11.2. The molecular formula is C75H54N2. The maximum Gasteiger partial charge on any atom is 0.0541 e. The van der Waals surface area contributed by atoms with Crippen LogP contribution < -0.4 is 4.90 Å². The number of hydrogen-bond donors (Lipinski definition) is 0. The van der Waals surface area contributed by atoms with Crippen molar-refractivity contribution in [2.45, 2.75) is 19.3 Å². The highest BCUT2D eigenvalue weighted by molar-refractivity contribution is 6.11. The van der Waals surface area contributed by atoms with E-state index in [1.807, 2.05) is 0 Å². The summed E-state index contributed by atoms with van der Waals surface area (Å²) in [5, 5.41) is 2.49. The Labute approximate surface area is 451 Å². The van der Waals surface area contributed by atoms with E-state index in [-0.39, 0.29) is 5.41 Å². The Morgan fingerprint density at radius 2 is 0.649 bits per heavy atom. The van der Waals surface area contributed by atoms with Crippen molar-refractivity contribution in [1.82, 2.24) is 4.57 Å². The van der Waals surface area contributed by atoms with Crippen LogP contribution in [-0.4, -0.2) is 4.57 Å². The highest BCUT2D eigenvalue weighted by atomic mass is 15.1. The zero-order valence-corrected chi connectivity index (χ0v) is 43.1. The zero-order chi connectivity index (χ0) is 51.5. The van der Waals surface area contributed by atoms with E-state index in [0.717, 1.165) is 22.7 Å². The van der Waals surface area contributed by atoms with Crippen LogP contribution in [0.3, 0.4) is 0 Å². The van der Waals surface area contributed by atoms with E-state index in [9.17, 15) is 0 Å². The van der Waals surface area contributed by atoms with Crippen LogP contribution in [0, 0.1) is 0 Å². The molecule has 364 valence electrons. The fourth-order valence-electron chi connectivity index (χ4n) is 12.0. The van der Waals surface area contributed by atoms with Gasteiger partial charge in [0, 0.05) is 38.8 Å². The number of hydrogen-bond acceptors (Lipinski definition) is 1. The Morgan fingerprint density at radius 1 is 0.273 bits per heavy atom. The summed E-state index contributed by atoms with van der Waals surface area (Å²) in [6.07, 6.45) is 0. The minimum Gasteiger partial charge on any atom is -0.310 e. The number of fused-ring (bicyclic) bond motifs is 6. The monoisotopic (exact) mass is 982 g/mol. The quantitative estimate of drug-likeness (QED) is 0.133. The van der Waals surface area contributed by atoms with Gasteiger partial charge in [-0.15, -0.1) is 0 Å². The molecule has 0 spiro atoms. The van der Waals surface area contributed by atoms with Crippen molar-refractivity contribution in [3.05, 3.63) is 302 Å². The van der Waals surface area contributed by atoms with E-state index in [4.69, 9.17) is 0 Å². The van der Waals surface area contributed by atoms with Gasteiger partial charge in [-0.25, -0.2) is 0 Å². The van der Waals surface area contributed by atoms with E-state index in [2.05, 4.69) is 315 Å². The molecule has 1 aromatic heterocycles. The van der Waals surface area contributed by atoms with E-state index < -0.39 is 0 Å². The van der Waals surface area contributed by atoms with Crippen LogP contribution in [0.5, 0.6) is 0 Å². The minimum atomic E-state index is -0.133. The van der Waals surface area contributed by atoms with Crippen LogP contribution in [0.25, 0.3) is 105 Å². The summed E-state index contributed by atoms with van der Waals surface area (Å²) in [5.41, 5.74) is 26.4. The highest BCUT2D eigenvalue weighted by Gasteiger charge is 2.36. The summed E-state index contributed by atoms with van der Waals surface area (Å²) in [4.78, 5) is 2.44. The maximum atomic E-state index is 2.44. The lowest BCUT2D eigenvalue weighted by Gasteiger charge is -2.30. The molecule has 13 aromatic rings. The first kappa shape index (κ1) is 45.8. The largest absolute Gasteiger partial charge is 0.310 e. The van der Waals surface area contributed by atoms with E-state index >= 15 is 0 Å².